The number of aromatic nitrogens is 2. The lowest BCUT2D eigenvalue weighted by Crippen LogP contribution is -2.40. The van der Waals surface area contributed by atoms with Crippen LogP contribution in [0.4, 0.5) is 5.95 Å². The van der Waals surface area contributed by atoms with E-state index in [9.17, 15) is 9.00 Å². The molecule has 0 spiro atoms. The highest BCUT2D eigenvalue weighted by Crippen LogP contribution is 2.33. The van der Waals surface area contributed by atoms with E-state index in [1.807, 2.05) is 42.3 Å². The van der Waals surface area contributed by atoms with Crippen LogP contribution in [0.2, 0.25) is 5.02 Å². The molecular formula is C30H37ClN4O6S. The van der Waals surface area contributed by atoms with Gasteiger partial charge in [0.2, 0.25) is 5.95 Å². The molecule has 1 fully saturated rings. The van der Waals surface area contributed by atoms with Crippen LogP contribution in [0.5, 0.6) is 11.5 Å². The van der Waals surface area contributed by atoms with Crippen molar-refractivity contribution < 1.29 is 27.4 Å². The summed E-state index contributed by atoms with van der Waals surface area (Å²) in [4.78, 5) is 25.8. The number of nitrogens with zero attached hydrogens (tertiary/aromatic N) is 4. The first-order valence-corrected chi connectivity index (χ1v) is 15.5. The monoisotopic (exact) mass is 616 g/mol. The van der Waals surface area contributed by atoms with Gasteiger partial charge in [0.25, 0.3) is 0 Å². The molecule has 0 amide bonds. The normalized spacial score (nSPS) is 14.5. The predicted octanol–water partition coefficient (Wildman–Crippen LogP) is 4.55. The summed E-state index contributed by atoms with van der Waals surface area (Å²) < 4.78 is 33.0. The van der Waals surface area contributed by atoms with Gasteiger partial charge in [-0.2, -0.15) is 0 Å². The van der Waals surface area contributed by atoms with E-state index in [0.29, 0.717) is 73.2 Å². The molecule has 2 aromatic carbocycles. The molecule has 0 bridgehead atoms. The van der Waals surface area contributed by atoms with E-state index in [1.165, 1.54) is 6.26 Å². The molecule has 42 heavy (non-hydrogen) atoms. The number of benzene rings is 2. The lowest BCUT2D eigenvalue weighted by molar-refractivity contribution is 0.0837. The highest BCUT2D eigenvalue weighted by Gasteiger charge is 2.26. The molecule has 2 heterocycles. The Hall–Kier alpha value is -3.09. The summed E-state index contributed by atoms with van der Waals surface area (Å²) in [5.41, 5.74) is 3.63. The zero-order chi connectivity index (χ0) is 30.1. The lowest BCUT2D eigenvalue weighted by Gasteiger charge is -2.35. The van der Waals surface area contributed by atoms with E-state index < -0.39 is 11.1 Å². The zero-order valence-electron chi connectivity index (χ0n) is 24.4. The second-order valence-electron chi connectivity index (χ2n) is 10.0. The molecule has 0 saturated carbocycles. The number of methoxy groups -OCH3 is 2. The topological polar surface area (TPSA) is 103 Å². The molecule has 0 aliphatic carbocycles. The molecular weight excluding hydrogens is 580 g/mol. The molecule has 1 saturated heterocycles. The van der Waals surface area contributed by atoms with Crippen molar-refractivity contribution >= 4 is 34.9 Å². The SMILES string of the molecule is COc1ccc(CN(c2ncc(Cl)c(-c3ccc(CN(C)CCOS(C)=O)c(C=O)c3)n2)C2CCOCC2)c(OC)c1. The van der Waals surface area contributed by atoms with E-state index in [4.69, 9.17) is 35.0 Å². The smallest absolute Gasteiger partial charge is 0.226 e. The lowest BCUT2D eigenvalue weighted by atomic mass is 10.0. The fourth-order valence-corrected chi connectivity index (χ4v) is 5.41. The molecule has 1 unspecified atom stereocenters. The summed E-state index contributed by atoms with van der Waals surface area (Å²) in [6.07, 6.45) is 5.60. The third-order valence-corrected chi connectivity index (χ3v) is 7.94. The van der Waals surface area contributed by atoms with Crippen LogP contribution >= 0.6 is 11.6 Å². The summed E-state index contributed by atoms with van der Waals surface area (Å²) in [5.74, 6) is 1.96. The minimum absolute atomic E-state index is 0.150. The summed E-state index contributed by atoms with van der Waals surface area (Å²) >= 11 is 5.32. The van der Waals surface area contributed by atoms with Crippen molar-refractivity contribution in [3.63, 3.8) is 0 Å². The predicted molar refractivity (Wildman–Crippen MR) is 164 cm³/mol. The Morgan fingerprint density at radius 2 is 1.86 bits per heavy atom. The Balaban J connectivity index is 1.64. The first-order chi connectivity index (χ1) is 20.3. The van der Waals surface area contributed by atoms with E-state index in [-0.39, 0.29) is 6.04 Å². The highest BCUT2D eigenvalue weighted by molar-refractivity contribution is 7.79. The van der Waals surface area contributed by atoms with Gasteiger partial charge in [-0.25, -0.2) is 14.2 Å². The number of ether oxygens (including phenoxy) is 3. The molecule has 0 N–H and O–H groups in total. The molecule has 1 aliphatic rings. The van der Waals surface area contributed by atoms with Crippen molar-refractivity contribution in [2.45, 2.75) is 32.0 Å². The quantitative estimate of drug-likeness (QED) is 0.240. The maximum atomic E-state index is 12.1. The average molecular weight is 617 g/mol. The van der Waals surface area contributed by atoms with Gasteiger partial charge < -0.3 is 19.1 Å². The van der Waals surface area contributed by atoms with Gasteiger partial charge in [0, 0.05) is 67.9 Å². The first-order valence-electron chi connectivity index (χ1n) is 13.6. The average Bonchev–Trinajstić information content (AvgIpc) is 3.00. The number of carbonyl (C=O) groups is 1. The number of aldehydes is 1. The van der Waals surface area contributed by atoms with Gasteiger partial charge >= 0.3 is 0 Å². The first kappa shape index (κ1) is 31.8. The van der Waals surface area contributed by atoms with Crippen molar-refractivity contribution in [1.29, 1.82) is 0 Å². The molecule has 1 aliphatic heterocycles. The molecule has 226 valence electrons. The van der Waals surface area contributed by atoms with Crippen molar-refractivity contribution in [2.24, 2.45) is 0 Å². The largest absolute Gasteiger partial charge is 0.497 e. The fourth-order valence-electron chi connectivity index (χ4n) is 4.90. The number of anilines is 1. The van der Waals surface area contributed by atoms with Crippen LogP contribution in [-0.4, -0.2) is 85.3 Å². The van der Waals surface area contributed by atoms with Crippen molar-refractivity contribution in [3.05, 3.63) is 64.3 Å². The van der Waals surface area contributed by atoms with E-state index in [2.05, 4.69) is 9.88 Å². The Bertz CT molecular complexity index is 1390. The Morgan fingerprint density at radius 3 is 2.55 bits per heavy atom. The van der Waals surface area contributed by atoms with Crippen molar-refractivity contribution in [2.75, 3.05) is 58.8 Å². The summed E-state index contributed by atoms with van der Waals surface area (Å²) in [6, 6.07) is 11.5. The number of likely N-dealkylation sites (N-methyl/N-ethyl adjacent to an activating group) is 1. The Kier molecular flexibility index (Phi) is 11.7. The van der Waals surface area contributed by atoms with Gasteiger partial charge in [0.15, 0.2) is 11.1 Å². The van der Waals surface area contributed by atoms with Crippen molar-refractivity contribution in [3.8, 4) is 22.8 Å². The van der Waals surface area contributed by atoms with Gasteiger partial charge in [0.05, 0.1) is 37.7 Å². The van der Waals surface area contributed by atoms with Crippen LogP contribution in [0.1, 0.15) is 34.3 Å². The number of hydrogen-bond acceptors (Lipinski definition) is 10. The Morgan fingerprint density at radius 1 is 1.10 bits per heavy atom. The number of rotatable bonds is 14. The van der Waals surface area contributed by atoms with Crippen LogP contribution in [0.25, 0.3) is 11.3 Å². The van der Waals surface area contributed by atoms with Crippen LogP contribution in [-0.2, 0) is 33.1 Å². The van der Waals surface area contributed by atoms with E-state index >= 15 is 0 Å². The zero-order valence-corrected chi connectivity index (χ0v) is 25.9. The second-order valence-corrected chi connectivity index (χ2v) is 11.5. The molecule has 0 radical (unpaired) electrons. The van der Waals surface area contributed by atoms with Crippen LogP contribution in [0.15, 0.2) is 42.6 Å². The number of halogens is 1. The maximum absolute atomic E-state index is 12.1. The standard InChI is InChI=1S/C30H37ClN4O6S/c1-34(11-14-41-42(4)37)18-22-6-5-21(15-24(22)20-36)29-27(31)17-32-30(33-29)35(25-9-12-40-13-10-25)19-23-7-8-26(38-2)16-28(23)39-3/h5-8,15-17,20,25H,9-14,18-19H2,1-4H3. The Labute approximate surface area is 254 Å². The third kappa shape index (κ3) is 8.26. The third-order valence-electron chi connectivity index (χ3n) is 7.16. The second kappa shape index (κ2) is 15.4. The minimum atomic E-state index is -1.31. The van der Waals surface area contributed by atoms with Gasteiger partial charge in [0.1, 0.15) is 17.8 Å². The van der Waals surface area contributed by atoms with E-state index in [0.717, 1.165) is 35.8 Å². The summed E-state index contributed by atoms with van der Waals surface area (Å²) in [5, 5.41) is 0.388. The molecule has 3 aromatic rings. The van der Waals surface area contributed by atoms with Crippen LogP contribution < -0.4 is 14.4 Å². The van der Waals surface area contributed by atoms with Crippen LogP contribution in [0, 0.1) is 0 Å². The van der Waals surface area contributed by atoms with Gasteiger partial charge in [-0.1, -0.05) is 23.7 Å². The minimum Gasteiger partial charge on any atom is -0.497 e. The maximum Gasteiger partial charge on any atom is 0.226 e. The summed E-state index contributed by atoms with van der Waals surface area (Å²) in [7, 11) is 5.18. The van der Waals surface area contributed by atoms with E-state index in [1.54, 1.807) is 26.5 Å². The van der Waals surface area contributed by atoms with Crippen LogP contribution in [0.3, 0.4) is 0 Å². The molecule has 10 nitrogen and oxygen atoms in total. The van der Waals surface area contributed by atoms with Crippen molar-refractivity contribution in [1.82, 2.24) is 14.9 Å². The van der Waals surface area contributed by atoms with Gasteiger partial charge in [-0.3, -0.25) is 13.9 Å². The van der Waals surface area contributed by atoms with Gasteiger partial charge in [-0.05, 0) is 43.7 Å². The summed E-state index contributed by atoms with van der Waals surface area (Å²) in [6.45, 7) is 3.25. The fraction of sp³-hybridized carbons (Fsp3) is 0.433. The molecule has 1 atom stereocenters. The molecule has 12 heteroatoms. The number of hydrogen-bond donors (Lipinski definition) is 0. The molecule has 4 rings (SSSR count). The van der Waals surface area contributed by atoms with Gasteiger partial charge in [-0.15, -0.1) is 0 Å². The number of carbonyl (C=O) groups excluding carboxylic acids is 1. The molecule has 1 aromatic heterocycles. The highest BCUT2D eigenvalue weighted by atomic mass is 35.5.